The number of hydrogen-bond acceptors (Lipinski definition) is 6. The van der Waals surface area contributed by atoms with Gasteiger partial charge in [0.1, 0.15) is 0 Å². The second-order valence-electron chi connectivity index (χ2n) is 8.21. The highest BCUT2D eigenvalue weighted by Crippen LogP contribution is 2.40. The number of nitrogens with zero attached hydrogens (tertiary/aromatic N) is 6. The molecule has 3 atom stereocenters. The van der Waals surface area contributed by atoms with Gasteiger partial charge in [-0.2, -0.15) is 5.10 Å². The highest BCUT2D eigenvalue weighted by molar-refractivity contribution is 5.96. The first-order chi connectivity index (χ1) is 15.1. The first-order valence-electron chi connectivity index (χ1n) is 10.5. The van der Waals surface area contributed by atoms with Crippen molar-refractivity contribution in [2.75, 3.05) is 13.2 Å². The molecule has 2 bridgehead atoms. The van der Waals surface area contributed by atoms with Gasteiger partial charge in [0.15, 0.2) is 11.5 Å². The van der Waals surface area contributed by atoms with Crippen molar-refractivity contribution < 1.29 is 13.9 Å². The summed E-state index contributed by atoms with van der Waals surface area (Å²) in [7, 11) is 0. The van der Waals surface area contributed by atoms with E-state index in [1.807, 2.05) is 36.2 Å². The van der Waals surface area contributed by atoms with Crippen molar-refractivity contribution in [3.63, 3.8) is 0 Å². The molecule has 3 aromatic heterocycles. The van der Waals surface area contributed by atoms with Crippen LogP contribution in [0.4, 0.5) is 4.39 Å². The average molecular weight is 422 g/mol. The highest BCUT2D eigenvalue weighted by atomic mass is 19.1. The number of carbonyl (C=O) groups excluding carboxylic acids is 1. The van der Waals surface area contributed by atoms with Gasteiger partial charge in [0, 0.05) is 30.7 Å². The molecule has 6 rings (SSSR count). The molecule has 0 aromatic carbocycles. The Hall–Kier alpha value is -3.36. The van der Waals surface area contributed by atoms with Crippen LogP contribution in [0.2, 0.25) is 0 Å². The van der Waals surface area contributed by atoms with E-state index in [9.17, 15) is 9.18 Å². The van der Waals surface area contributed by atoms with Gasteiger partial charge in [-0.25, -0.2) is 24.0 Å². The quantitative estimate of drug-likeness (QED) is 0.629. The van der Waals surface area contributed by atoms with Gasteiger partial charge < -0.3 is 9.64 Å². The van der Waals surface area contributed by atoms with E-state index in [1.54, 1.807) is 10.9 Å². The number of aryl methyl sites for hydroxylation is 1. The molecule has 2 aliphatic heterocycles. The topological polar surface area (TPSA) is 86.0 Å². The van der Waals surface area contributed by atoms with Gasteiger partial charge in [-0.1, -0.05) is 0 Å². The van der Waals surface area contributed by atoms with Crippen LogP contribution in [0.5, 0.6) is 6.01 Å². The van der Waals surface area contributed by atoms with Crippen LogP contribution in [0, 0.1) is 24.6 Å². The monoisotopic (exact) mass is 422 g/mol. The lowest BCUT2D eigenvalue weighted by Gasteiger charge is -2.49. The third-order valence-electron chi connectivity index (χ3n) is 6.24. The predicted molar refractivity (Wildman–Crippen MR) is 109 cm³/mol. The van der Waals surface area contributed by atoms with Crippen molar-refractivity contribution in [3.8, 4) is 11.7 Å². The van der Waals surface area contributed by atoms with Crippen LogP contribution in [-0.4, -0.2) is 54.7 Å². The number of aromatic nitrogens is 5. The molecule has 3 unspecified atom stereocenters. The maximum absolute atomic E-state index is 13.5. The van der Waals surface area contributed by atoms with E-state index in [0.717, 1.165) is 37.4 Å². The first-order valence-corrected chi connectivity index (χ1v) is 10.5. The minimum atomic E-state index is -0.488. The summed E-state index contributed by atoms with van der Waals surface area (Å²) in [6.07, 6.45) is 8.59. The molecule has 2 saturated heterocycles. The number of piperidine rings is 2. The zero-order valence-electron chi connectivity index (χ0n) is 17.2. The average Bonchev–Trinajstić information content (AvgIpc) is 3.33. The summed E-state index contributed by atoms with van der Waals surface area (Å²) in [4.78, 5) is 27.8. The van der Waals surface area contributed by atoms with Gasteiger partial charge in [0.05, 0.1) is 24.7 Å². The lowest BCUT2D eigenvalue weighted by Crippen LogP contribution is -2.55. The Bertz CT molecular complexity index is 1070. The normalized spacial score (nSPS) is 22.5. The molecule has 1 aliphatic carbocycles. The maximum atomic E-state index is 13.5. The fourth-order valence-corrected chi connectivity index (χ4v) is 4.68. The summed E-state index contributed by atoms with van der Waals surface area (Å²) in [5.74, 6) is 0.113. The maximum Gasteiger partial charge on any atom is 0.316 e. The van der Waals surface area contributed by atoms with E-state index in [4.69, 9.17) is 4.74 Å². The van der Waals surface area contributed by atoms with Crippen LogP contribution in [-0.2, 0) is 0 Å². The van der Waals surface area contributed by atoms with Crippen LogP contribution < -0.4 is 4.74 Å². The number of ether oxygens (including phenoxy) is 1. The number of pyridine rings is 1. The van der Waals surface area contributed by atoms with E-state index in [2.05, 4.69) is 20.1 Å². The van der Waals surface area contributed by atoms with Gasteiger partial charge in [-0.3, -0.25) is 4.79 Å². The number of halogens is 1. The van der Waals surface area contributed by atoms with E-state index < -0.39 is 5.82 Å². The second kappa shape index (κ2) is 8.05. The highest BCUT2D eigenvalue weighted by Gasteiger charge is 2.43. The Morgan fingerprint density at radius 3 is 2.81 bits per heavy atom. The molecule has 0 N–H and O–H groups in total. The zero-order chi connectivity index (χ0) is 21.4. The van der Waals surface area contributed by atoms with Crippen molar-refractivity contribution >= 4 is 5.91 Å². The molecule has 3 aromatic rings. The summed E-state index contributed by atoms with van der Waals surface area (Å²) >= 11 is 0. The Kier molecular flexibility index (Phi) is 5.09. The lowest BCUT2D eigenvalue weighted by molar-refractivity contribution is -0.00564. The largest absolute Gasteiger partial charge is 0.463 e. The smallest absolute Gasteiger partial charge is 0.316 e. The molecule has 160 valence electrons. The van der Waals surface area contributed by atoms with E-state index in [1.165, 1.54) is 0 Å². The van der Waals surface area contributed by atoms with Crippen LogP contribution in [0.15, 0.2) is 43.0 Å². The number of amides is 1. The van der Waals surface area contributed by atoms with Crippen LogP contribution in [0.1, 0.15) is 35.4 Å². The molecule has 5 heterocycles. The molecule has 1 saturated carbocycles. The summed E-state index contributed by atoms with van der Waals surface area (Å²) < 4.78 is 20.4. The molecule has 9 heteroatoms. The Labute approximate surface area is 179 Å². The van der Waals surface area contributed by atoms with Gasteiger partial charge in [-0.15, -0.1) is 0 Å². The molecular formula is C22H23FN6O2. The molecule has 3 aliphatic rings. The van der Waals surface area contributed by atoms with Gasteiger partial charge in [0.2, 0.25) is 0 Å². The van der Waals surface area contributed by atoms with Crippen LogP contribution in [0.25, 0.3) is 5.69 Å². The summed E-state index contributed by atoms with van der Waals surface area (Å²) in [6, 6.07) is 5.94. The number of hydrogen-bond donors (Lipinski definition) is 0. The third kappa shape index (κ3) is 3.87. The zero-order valence-corrected chi connectivity index (χ0v) is 17.2. The summed E-state index contributed by atoms with van der Waals surface area (Å²) in [6.45, 7) is 3.03. The molecule has 3 fully saturated rings. The molecular weight excluding hydrogens is 399 g/mol. The van der Waals surface area contributed by atoms with E-state index >= 15 is 0 Å². The van der Waals surface area contributed by atoms with Crippen molar-refractivity contribution in [3.05, 3.63) is 60.2 Å². The van der Waals surface area contributed by atoms with Crippen molar-refractivity contribution in [2.45, 2.75) is 32.2 Å². The van der Waals surface area contributed by atoms with E-state index in [0.29, 0.717) is 36.4 Å². The van der Waals surface area contributed by atoms with Gasteiger partial charge in [-0.05, 0) is 56.2 Å². The van der Waals surface area contributed by atoms with Crippen LogP contribution >= 0.6 is 0 Å². The lowest BCUT2D eigenvalue weighted by atomic mass is 9.72. The third-order valence-corrected chi connectivity index (χ3v) is 6.24. The minimum absolute atomic E-state index is 0.0508. The number of carbonyl (C=O) groups is 1. The minimum Gasteiger partial charge on any atom is -0.463 e. The van der Waals surface area contributed by atoms with Crippen molar-refractivity contribution in [2.24, 2.45) is 11.8 Å². The molecule has 31 heavy (non-hydrogen) atoms. The predicted octanol–water partition coefficient (Wildman–Crippen LogP) is 2.82. The fourth-order valence-electron chi connectivity index (χ4n) is 4.68. The number of fused-ring (bicyclic) bond motifs is 3. The molecule has 8 nitrogen and oxygen atoms in total. The van der Waals surface area contributed by atoms with Crippen molar-refractivity contribution in [1.29, 1.82) is 0 Å². The SMILES string of the molecule is Cc1ccc(-n2cccn2)c(C(=O)N2CC3CCC2CC3COc2ncc(F)cn2)n1. The summed E-state index contributed by atoms with van der Waals surface area (Å²) in [5.41, 5.74) is 1.92. The van der Waals surface area contributed by atoms with Gasteiger partial charge >= 0.3 is 6.01 Å². The first kappa shape index (κ1) is 19.6. The van der Waals surface area contributed by atoms with Crippen molar-refractivity contribution in [1.82, 2.24) is 29.6 Å². The molecule has 1 amide bonds. The number of rotatable bonds is 5. The fraction of sp³-hybridized carbons (Fsp3) is 0.409. The Morgan fingerprint density at radius 1 is 1.26 bits per heavy atom. The molecule has 0 spiro atoms. The standard InChI is InChI=1S/C22H23FN6O2/c1-14-3-6-19(29-8-2-7-26-29)20(27-14)21(30)28-12-15-4-5-18(28)9-16(15)13-31-22-24-10-17(23)11-25-22/h2-3,6-8,10-11,15-16,18H,4-5,9,12-13H2,1H3. The summed E-state index contributed by atoms with van der Waals surface area (Å²) in [5, 5.41) is 4.28. The Balaban J connectivity index is 1.31. The molecule has 0 radical (unpaired) electrons. The van der Waals surface area contributed by atoms with E-state index in [-0.39, 0.29) is 18.0 Å². The Morgan fingerprint density at radius 2 is 2.10 bits per heavy atom. The van der Waals surface area contributed by atoms with Crippen LogP contribution in [0.3, 0.4) is 0 Å². The second-order valence-corrected chi connectivity index (χ2v) is 8.21. The van der Waals surface area contributed by atoms with Gasteiger partial charge in [0.25, 0.3) is 5.91 Å².